The Morgan fingerprint density at radius 3 is 2.59 bits per heavy atom. The minimum absolute atomic E-state index is 0. The van der Waals surface area contributed by atoms with E-state index in [1.54, 1.807) is 7.11 Å². The van der Waals surface area contributed by atoms with Gasteiger partial charge in [-0.15, -0.1) is 24.0 Å². The Balaban J connectivity index is 0.00000242. The topological polar surface area (TPSA) is 54.9 Å². The average Bonchev–Trinajstić information content (AvgIpc) is 2.53. The summed E-state index contributed by atoms with van der Waals surface area (Å²) in [6.45, 7) is 4.39. The van der Waals surface area contributed by atoms with E-state index in [-0.39, 0.29) is 24.0 Å². The zero-order valence-electron chi connectivity index (χ0n) is 14.2. The predicted octanol–water partition coefficient (Wildman–Crippen LogP) is 2.54. The minimum Gasteiger partial charge on any atom is -0.383 e. The molecule has 2 fully saturated rings. The van der Waals surface area contributed by atoms with Crippen LogP contribution in [0, 0.1) is 5.41 Å². The van der Waals surface area contributed by atoms with Gasteiger partial charge in [-0.05, 0) is 26.2 Å². The fraction of sp³-hybridized carbons (Fsp3) is 0.938. The Hall–Kier alpha value is -0.0800. The van der Waals surface area contributed by atoms with Gasteiger partial charge in [0.1, 0.15) is 0 Å². The van der Waals surface area contributed by atoms with E-state index >= 15 is 0 Å². The van der Waals surface area contributed by atoms with Crippen molar-refractivity contribution in [2.45, 2.75) is 57.6 Å². The van der Waals surface area contributed by atoms with E-state index in [0.717, 1.165) is 25.5 Å². The Bertz CT molecular complexity index is 346. The lowest BCUT2D eigenvalue weighted by Gasteiger charge is -2.57. The summed E-state index contributed by atoms with van der Waals surface area (Å²) < 4.78 is 11.1. The average molecular weight is 425 g/mol. The van der Waals surface area contributed by atoms with Gasteiger partial charge in [-0.1, -0.05) is 19.3 Å². The first kappa shape index (κ1) is 20.0. The number of aliphatic imine (C=N–C) groups is 1. The molecule has 5 nitrogen and oxygen atoms in total. The van der Waals surface area contributed by atoms with Crippen LogP contribution in [0.2, 0.25) is 0 Å². The number of methoxy groups -OCH3 is 1. The highest BCUT2D eigenvalue weighted by atomic mass is 127. The molecular formula is C16H32IN3O2. The summed E-state index contributed by atoms with van der Waals surface area (Å²) in [6, 6.07) is 0.489. The van der Waals surface area contributed by atoms with Gasteiger partial charge in [0.05, 0.1) is 12.7 Å². The van der Waals surface area contributed by atoms with Crippen LogP contribution in [0.3, 0.4) is 0 Å². The first-order valence-corrected chi connectivity index (χ1v) is 8.34. The lowest BCUT2D eigenvalue weighted by atomic mass is 9.55. The van der Waals surface area contributed by atoms with Crippen LogP contribution >= 0.6 is 24.0 Å². The number of guanidine groups is 1. The number of halogens is 1. The third kappa shape index (κ3) is 4.47. The lowest BCUT2D eigenvalue weighted by Crippen LogP contribution is -2.66. The van der Waals surface area contributed by atoms with Crippen LogP contribution in [0.15, 0.2) is 4.99 Å². The summed E-state index contributed by atoms with van der Waals surface area (Å²) in [4.78, 5) is 4.33. The van der Waals surface area contributed by atoms with Crippen molar-refractivity contribution in [1.29, 1.82) is 0 Å². The Labute approximate surface area is 152 Å². The Morgan fingerprint density at radius 1 is 1.27 bits per heavy atom. The van der Waals surface area contributed by atoms with Crippen molar-refractivity contribution in [2.75, 3.05) is 33.9 Å². The standard InChI is InChI=1S/C16H31N3O2.HI/c1-4-21-14-12-13(16(14)8-6-5-7-9-16)19-15(17-2)18-10-11-20-3;/h13-14H,4-12H2,1-3H3,(H2,17,18,19);1H. The van der Waals surface area contributed by atoms with Gasteiger partial charge in [-0.25, -0.2) is 0 Å². The number of rotatable bonds is 6. The predicted molar refractivity (Wildman–Crippen MR) is 101 cm³/mol. The molecule has 1 spiro atoms. The largest absolute Gasteiger partial charge is 0.383 e. The molecule has 2 atom stereocenters. The molecule has 0 heterocycles. The zero-order chi connectivity index (χ0) is 15.1. The van der Waals surface area contributed by atoms with Crippen LogP contribution in [-0.4, -0.2) is 52.0 Å². The van der Waals surface area contributed by atoms with Gasteiger partial charge in [0.15, 0.2) is 5.96 Å². The van der Waals surface area contributed by atoms with Crippen molar-refractivity contribution in [3.63, 3.8) is 0 Å². The minimum atomic E-state index is 0. The molecule has 22 heavy (non-hydrogen) atoms. The quantitative estimate of drug-likeness (QED) is 0.297. The number of hydrogen-bond donors (Lipinski definition) is 2. The van der Waals surface area contributed by atoms with Crippen molar-refractivity contribution in [2.24, 2.45) is 10.4 Å². The smallest absolute Gasteiger partial charge is 0.191 e. The van der Waals surface area contributed by atoms with Crippen LogP contribution in [0.4, 0.5) is 0 Å². The molecule has 2 N–H and O–H groups in total. The summed E-state index contributed by atoms with van der Waals surface area (Å²) in [6.07, 6.45) is 8.12. The molecular weight excluding hydrogens is 393 g/mol. The fourth-order valence-corrected chi connectivity index (χ4v) is 3.90. The molecule has 0 radical (unpaired) electrons. The van der Waals surface area contributed by atoms with Crippen LogP contribution < -0.4 is 10.6 Å². The van der Waals surface area contributed by atoms with Crippen molar-refractivity contribution in [3.05, 3.63) is 0 Å². The monoisotopic (exact) mass is 425 g/mol. The van der Waals surface area contributed by atoms with Crippen molar-refractivity contribution < 1.29 is 9.47 Å². The van der Waals surface area contributed by atoms with Gasteiger partial charge in [0.2, 0.25) is 0 Å². The lowest BCUT2D eigenvalue weighted by molar-refractivity contribution is -0.145. The van der Waals surface area contributed by atoms with Crippen molar-refractivity contribution in [3.8, 4) is 0 Å². The maximum atomic E-state index is 5.99. The van der Waals surface area contributed by atoms with E-state index in [4.69, 9.17) is 9.47 Å². The molecule has 2 saturated carbocycles. The second-order valence-corrected chi connectivity index (χ2v) is 6.16. The van der Waals surface area contributed by atoms with Gasteiger partial charge in [-0.2, -0.15) is 0 Å². The Morgan fingerprint density at radius 2 is 2.00 bits per heavy atom. The van der Waals surface area contributed by atoms with Gasteiger partial charge >= 0.3 is 0 Å². The highest BCUT2D eigenvalue weighted by Crippen LogP contribution is 2.53. The first-order chi connectivity index (χ1) is 10.3. The molecule has 0 bridgehead atoms. The third-order valence-electron chi connectivity index (χ3n) is 5.07. The third-order valence-corrected chi connectivity index (χ3v) is 5.07. The number of hydrogen-bond acceptors (Lipinski definition) is 3. The van der Waals surface area contributed by atoms with E-state index in [2.05, 4.69) is 22.5 Å². The number of ether oxygens (including phenoxy) is 2. The SMILES string of the molecule is CCOC1CC(NC(=NC)NCCOC)C12CCCCC2.I. The van der Waals surface area contributed by atoms with E-state index in [1.807, 2.05) is 7.05 Å². The maximum Gasteiger partial charge on any atom is 0.191 e. The Kier molecular flexibility index (Phi) is 9.01. The first-order valence-electron chi connectivity index (χ1n) is 8.34. The molecule has 0 aliphatic heterocycles. The fourth-order valence-electron chi connectivity index (χ4n) is 3.90. The number of nitrogens with zero attached hydrogens (tertiary/aromatic N) is 1. The van der Waals surface area contributed by atoms with Gasteiger partial charge < -0.3 is 20.1 Å². The molecule has 0 amide bonds. The van der Waals surface area contributed by atoms with E-state index in [9.17, 15) is 0 Å². The normalized spacial score (nSPS) is 27.0. The van der Waals surface area contributed by atoms with E-state index in [0.29, 0.717) is 24.2 Å². The van der Waals surface area contributed by atoms with E-state index in [1.165, 1.54) is 32.1 Å². The molecule has 2 aliphatic rings. The second kappa shape index (κ2) is 9.93. The van der Waals surface area contributed by atoms with Crippen LogP contribution in [0.1, 0.15) is 45.4 Å². The van der Waals surface area contributed by atoms with Gasteiger partial charge in [0, 0.05) is 38.8 Å². The number of nitrogens with one attached hydrogen (secondary N) is 2. The summed E-state index contributed by atoms with van der Waals surface area (Å²) in [7, 11) is 3.54. The summed E-state index contributed by atoms with van der Waals surface area (Å²) >= 11 is 0. The molecule has 2 unspecified atom stereocenters. The highest BCUT2D eigenvalue weighted by molar-refractivity contribution is 14.0. The zero-order valence-corrected chi connectivity index (χ0v) is 16.5. The van der Waals surface area contributed by atoms with Crippen molar-refractivity contribution in [1.82, 2.24) is 10.6 Å². The van der Waals surface area contributed by atoms with Crippen LogP contribution in [0.25, 0.3) is 0 Å². The van der Waals surface area contributed by atoms with Gasteiger partial charge in [0.25, 0.3) is 0 Å². The molecule has 0 aromatic heterocycles. The van der Waals surface area contributed by atoms with Crippen LogP contribution in [-0.2, 0) is 9.47 Å². The highest BCUT2D eigenvalue weighted by Gasteiger charge is 2.55. The molecule has 0 saturated heterocycles. The molecule has 0 aromatic rings. The summed E-state index contributed by atoms with van der Waals surface area (Å²) in [5.41, 5.74) is 0.327. The molecule has 2 rings (SSSR count). The molecule has 130 valence electrons. The molecule has 2 aliphatic carbocycles. The maximum absolute atomic E-state index is 5.99. The van der Waals surface area contributed by atoms with E-state index < -0.39 is 0 Å². The van der Waals surface area contributed by atoms with Crippen LogP contribution in [0.5, 0.6) is 0 Å². The molecule has 6 heteroatoms. The van der Waals surface area contributed by atoms with Gasteiger partial charge in [-0.3, -0.25) is 4.99 Å². The molecule has 0 aromatic carbocycles. The summed E-state index contributed by atoms with van der Waals surface area (Å²) in [5.74, 6) is 0.886. The van der Waals surface area contributed by atoms with Crippen molar-refractivity contribution >= 4 is 29.9 Å². The second-order valence-electron chi connectivity index (χ2n) is 6.16. The summed E-state index contributed by atoms with van der Waals surface area (Å²) in [5, 5.41) is 6.93.